The molecule has 3 saturated heterocycles. The molecule has 6 rings (SSSR count). The summed E-state index contributed by atoms with van der Waals surface area (Å²) in [6, 6.07) is 23.8. The summed E-state index contributed by atoms with van der Waals surface area (Å²) >= 11 is 0. The second-order valence-electron chi connectivity index (χ2n) is 9.75. The lowest BCUT2D eigenvalue weighted by molar-refractivity contribution is -0.125. The summed E-state index contributed by atoms with van der Waals surface area (Å²) in [6.07, 6.45) is 3.08. The maximum atomic E-state index is 12.8. The summed E-state index contributed by atoms with van der Waals surface area (Å²) < 4.78 is 5.24. The molecule has 5 nitrogen and oxygen atoms in total. The van der Waals surface area contributed by atoms with Gasteiger partial charge in [0.25, 0.3) is 0 Å². The van der Waals surface area contributed by atoms with Gasteiger partial charge in [-0.05, 0) is 78.4 Å². The van der Waals surface area contributed by atoms with E-state index in [9.17, 15) is 9.59 Å². The third-order valence-electron chi connectivity index (χ3n) is 7.37. The first-order chi connectivity index (χ1) is 17.1. The molecule has 5 heteroatoms. The van der Waals surface area contributed by atoms with Crippen LogP contribution < -0.4 is 10.1 Å². The van der Waals surface area contributed by atoms with Crippen molar-refractivity contribution in [2.24, 2.45) is 11.8 Å². The SMILES string of the molecule is C.COc1cccc(CC(=O)Cc2ccc(-c3ccc(NC(=O)[C@H]4CN5CCC4CC5)cc3)cc2)c1. The van der Waals surface area contributed by atoms with E-state index in [1.807, 2.05) is 60.7 Å². The van der Waals surface area contributed by atoms with Crippen molar-refractivity contribution < 1.29 is 14.3 Å². The molecule has 3 aliphatic rings. The summed E-state index contributed by atoms with van der Waals surface area (Å²) in [4.78, 5) is 27.8. The highest BCUT2D eigenvalue weighted by molar-refractivity contribution is 5.93. The predicted molar refractivity (Wildman–Crippen MR) is 145 cm³/mol. The van der Waals surface area contributed by atoms with Gasteiger partial charge in [-0.3, -0.25) is 9.59 Å². The van der Waals surface area contributed by atoms with Crippen LogP contribution in [0.3, 0.4) is 0 Å². The summed E-state index contributed by atoms with van der Waals surface area (Å²) in [5.41, 5.74) is 4.98. The van der Waals surface area contributed by atoms with Gasteiger partial charge in [-0.2, -0.15) is 0 Å². The monoisotopic (exact) mass is 484 g/mol. The molecule has 3 fully saturated rings. The lowest BCUT2D eigenvalue weighted by Crippen LogP contribution is -2.51. The molecule has 3 aromatic rings. The second-order valence-corrected chi connectivity index (χ2v) is 9.75. The van der Waals surface area contributed by atoms with Crippen molar-refractivity contribution in [3.05, 3.63) is 83.9 Å². The zero-order chi connectivity index (χ0) is 24.2. The van der Waals surface area contributed by atoms with Crippen molar-refractivity contribution in [1.29, 1.82) is 0 Å². The van der Waals surface area contributed by atoms with Crippen LogP contribution in [0.15, 0.2) is 72.8 Å². The minimum absolute atomic E-state index is 0. The fraction of sp³-hybridized carbons (Fsp3) is 0.355. The zero-order valence-electron chi connectivity index (χ0n) is 20.2. The minimum atomic E-state index is 0. The Morgan fingerprint density at radius 3 is 2.14 bits per heavy atom. The highest BCUT2D eigenvalue weighted by atomic mass is 16.5. The molecule has 188 valence electrons. The van der Waals surface area contributed by atoms with Crippen LogP contribution in [-0.2, 0) is 22.4 Å². The summed E-state index contributed by atoms with van der Waals surface area (Å²) in [7, 11) is 1.63. The Hall–Kier alpha value is -3.44. The maximum Gasteiger partial charge on any atom is 0.229 e. The van der Waals surface area contributed by atoms with Crippen LogP contribution in [0.5, 0.6) is 5.75 Å². The summed E-state index contributed by atoms with van der Waals surface area (Å²) in [6.45, 7) is 3.17. The predicted octanol–water partition coefficient (Wildman–Crippen LogP) is 5.63. The summed E-state index contributed by atoms with van der Waals surface area (Å²) in [5, 5.41) is 3.12. The van der Waals surface area contributed by atoms with E-state index in [4.69, 9.17) is 4.74 Å². The number of carbonyl (C=O) groups is 2. The van der Waals surface area contributed by atoms with Crippen LogP contribution in [0.4, 0.5) is 5.69 Å². The second kappa shape index (κ2) is 11.5. The fourth-order valence-electron chi connectivity index (χ4n) is 5.36. The molecule has 3 heterocycles. The van der Waals surface area contributed by atoms with Crippen LogP contribution in [0.1, 0.15) is 31.4 Å². The number of fused-ring (bicyclic) bond motifs is 3. The molecule has 0 aliphatic carbocycles. The molecule has 0 aromatic heterocycles. The molecule has 2 bridgehead atoms. The van der Waals surface area contributed by atoms with Gasteiger partial charge in [0.05, 0.1) is 13.0 Å². The molecule has 36 heavy (non-hydrogen) atoms. The Morgan fingerprint density at radius 1 is 0.889 bits per heavy atom. The maximum absolute atomic E-state index is 12.8. The normalized spacial score (nSPS) is 20.3. The van der Waals surface area contributed by atoms with Gasteiger partial charge in [0.1, 0.15) is 11.5 Å². The van der Waals surface area contributed by atoms with Crippen LogP contribution >= 0.6 is 0 Å². The van der Waals surface area contributed by atoms with E-state index < -0.39 is 0 Å². The van der Waals surface area contributed by atoms with Crippen LogP contribution in [0, 0.1) is 11.8 Å². The lowest BCUT2D eigenvalue weighted by atomic mass is 9.78. The highest BCUT2D eigenvalue weighted by Gasteiger charge is 2.38. The number of amides is 1. The first kappa shape index (κ1) is 25.6. The van der Waals surface area contributed by atoms with Gasteiger partial charge in [0, 0.05) is 25.1 Å². The molecule has 3 aliphatic heterocycles. The number of ketones is 1. The smallest absolute Gasteiger partial charge is 0.229 e. The van der Waals surface area contributed by atoms with E-state index >= 15 is 0 Å². The molecule has 0 saturated carbocycles. The third kappa shape index (κ3) is 6.03. The number of nitrogens with one attached hydrogen (secondary N) is 1. The van der Waals surface area contributed by atoms with E-state index in [0.29, 0.717) is 18.8 Å². The average molecular weight is 485 g/mol. The Bertz CT molecular complexity index is 1180. The van der Waals surface area contributed by atoms with Crippen LogP contribution in [0.2, 0.25) is 0 Å². The number of piperidine rings is 3. The van der Waals surface area contributed by atoms with E-state index in [-0.39, 0.29) is 25.0 Å². The quantitative estimate of drug-likeness (QED) is 0.450. The number of carbonyl (C=O) groups excluding carboxylic acids is 2. The van der Waals surface area contributed by atoms with Gasteiger partial charge >= 0.3 is 0 Å². The van der Waals surface area contributed by atoms with Gasteiger partial charge in [0.2, 0.25) is 5.91 Å². The zero-order valence-corrected chi connectivity index (χ0v) is 20.2. The molecular formula is C31H36N2O3. The van der Waals surface area contributed by atoms with Crippen molar-refractivity contribution in [2.45, 2.75) is 33.1 Å². The molecule has 0 spiro atoms. The Balaban J connectivity index is 0.00000304. The van der Waals surface area contributed by atoms with Gasteiger partial charge < -0.3 is 15.0 Å². The molecule has 0 unspecified atom stereocenters. The van der Waals surface area contributed by atoms with E-state index in [1.165, 1.54) is 0 Å². The number of benzene rings is 3. The highest BCUT2D eigenvalue weighted by Crippen LogP contribution is 2.33. The lowest BCUT2D eigenvalue weighted by Gasteiger charge is -2.43. The third-order valence-corrected chi connectivity index (χ3v) is 7.37. The number of Topliss-reactive ketones (excluding diaryl/α,β-unsaturated/α-hetero) is 1. The van der Waals surface area contributed by atoms with E-state index in [0.717, 1.165) is 66.2 Å². The number of rotatable bonds is 8. The van der Waals surface area contributed by atoms with Gasteiger partial charge in [-0.25, -0.2) is 0 Å². The molecule has 1 amide bonds. The number of hydrogen-bond acceptors (Lipinski definition) is 4. The number of methoxy groups -OCH3 is 1. The van der Waals surface area contributed by atoms with Crippen molar-refractivity contribution in [2.75, 3.05) is 32.1 Å². The van der Waals surface area contributed by atoms with Gasteiger partial charge in [-0.15, -0.1) is 0 Å². The number of anilines is 1. The van der Waals surface area contributed by atoms with Crippen LogP contribution in [0.25, 0.3) is 11.1 Å². The number of hydrogen-bond donors (Lipinski definition) is 1. The standard InChI is InChI=1S/C30H32N2O3.CH4/c1-35-28-4-2-3-22(19-28)18-27(33)17-21-5-7-23(8-6-21)24-9-11-26(12-10-24)31-30(34)29-20-32-15-13-25(29)14-16-32;/h2-12,19,25,29H,13-18,20H2,1H3,(H,31,34);1H4/t29-;/m0./s1. The Labute approximate surface area is 214 Å². The average Bonchev–Trinajstić information content (AvgIpc) is 2.90. The van der Waals surface area contributed by atoms with E-state index in [2.05, 4.69) is 22.3 Å². The molecule has 1 N–H and O–H groups in total. The van der Waals surface area contributed by atoms with Crippen molar-refractivity contribution in [3.63, 3.8) is 0 Å². The molecule has 3 aromatic carbocycles. The Morgan fingerprint density at radius 2 is 1.53 bits per heavy atom. The van der Waals surface area contributed by atoms with Crippen molar-refractivity contribution in [1.82, 2.24) is 4.90 Å². The summed E-state index contributed by atoms with van der Waals surface area (Å²) in [5.74, 6) is 1.73. The molecule has 0 radical (unpaired) electrons. The molecule has 1 atom stereocenters. The number of ether oxygens (including phenoxy) is 1. The minimum Gasteiger partial charge on any atom is -0.497 e. The van der Waals surface area contributed by atoms with E-state index in [1.54, 1.807) is 7.11 Å². The Kier molecular flexibility index (Phi) is 8.21. The first-order valence-electron chi connectivity index (χ1n) is 12.4. The molecular weight excluding hydrogens is 448 g/mol. The van der Waals surface area contributed by atoms with Crippen molar-refractivity contribution >= 4 is 17.4 Å². The van der Waals surface area contributed by atoms with Gasteiger partial charge in [-0.1, -0.05) is 56.0 Å². The largest absolute Gasteiger partial charge is 0.497 e. The van der Waals surface area contributed by atoms with Crippen LogP contribution in [-0.4, -0.2) is 43.3 Å². The first-order valence-corrected chi connectivity index (χ1v) is 12.4. The van der Waals surface area contributed by atoms with Gasteiger partial charge in [0.15, 0.2) is 0 Å². The number of nitrogens with zero attached hydrogens (tertiary/aromatic N) is 1. The topological polar surface area (TPSA) is 58.6 Å². The fourth-order valence-corrected chi connectivity index (χ4v) is 5.36. The van der Waals surface area contributed by atoms with Crippen molar-refractivity contribution in [3.8, 4) is 16.9 Å².